The number of rotatable bonds is 3. The summed E-state index contributed by atoms with van der Waals surface area (Å²) in [4.78, 5) is 13.8. The summed E-state index contributed by atoms with van der Waals surface area (Å²) in [6.45, 7) is 3.16. The molecule has 4 nitrogen and oxygen atoms in total. The minimum Gasteiger partial charge on any atom is -0.481 e. The third-order valence-corrected chi connectivity index (χ3v) is 2.94. The largest absolute Gasteiger partial charge is 0.481 e. The highest BCUT2D eigenvalue weighted by molar-refractivity contribution is 5.81. The van der Waals surface area contributed by atoms with E-state index < -0.39 is 6.10 Å². The van der Waals surface area contributed by atoms with E-state index >= 15 is 0 Å². The lowest BCUT2D eigenvalue weighted by atomic mass is 10.3. The van der Waals surface area contributed by atoms with E-state index in [-0.39, 0.29) is 11.9 Å². The van der Waals surface area contributed by atoms with E-state index in [2.05, 4.69) is 0 Å². The normalized spacial score (nSPS) is 21.3. The molecule has 1 aromatic rings. The van der Waals surface area contributed by atoms with Crippen molar-refractivity contribution in [1.29, 1.82) is 0 Å². The van der Waals surface area contributed by atoms with Gasteiger partial charge in [0.25, 0.3) is 5.91 Å². The van der Waals surface area contributed by atoms with Crippen LogP contribution in [0, 0.1) is 0 Å². The van der Waals surface area contributed by atoms with Gasteiger partial charge in [-0.1, -0.05) is 18.2 Å². The maximum Gasteiger partial charge on any atom is 0.263 e. The second-order valence-corrected chi connectivity index (χ2v) is 4.41. The Balaban J connectivity index is 1.92. The molecular weight excluding hydrogens is 216 g/mol. The molecule has 2 rings (SSSR count). The van der Waals surface area contributed by atoms with Crippen LogP contribution in [0.4, 0.5) is 0 Å². The second-order valence-electron chi connectivity index (χ2n) is 4.41. The first-order valence-corrected chi connectivity index (χ1v) is 5.93. The van der Waals surface area contributed by atoms with Crippen LogP contribution in [0.25, 0.3) is 0 Å². The molecule has 1 amide bonds. The Hall–Kier alpha value is -1.55. The third-order valence-electron chi connectivity index (χ3n) is 2.94. The van der Waals surface area contributed by atoms with Gasteiger partial charge in [0.15, 0.2) is 6.10 Å². The van der Waals surface area contributed by atoms with Gasteiger partial charge in [-0.05, 0) is 25.5 Å². The zero-order valence-electron chi connectivity index (χ0n) is 10.0. The zero-order chi connectivity index (χ0) is 12.3. The van der Waals surface area contributed by atoms with E-state index in [4.69, 9.17) is 10.5 Å². The van der Waals surface area contributed by atoms with Crippen LogP contribution in [0.2, 0.25) is 0 Å². The monoisotopic (exact) mass is 234 g/mol. The smallest absolute Gasteiger partial charge is 0.263 e. The summed E-state index contributed by atoms with van der Waals surface area (Å²) in [6, 6.07) is 9.50. The topological polar surface area (TPSA) is 55.6 Å². The second kappa shape index (κ2) is 5.19. The molecule has 1 heterocycles. The van der Waals surface area contributed by atoms with Crippen molar-refractivity contribution in [3.05, 3.63) is 30.3 Å². The molecule has 1 saturated heterocycles. The van der Waals surface area contributed by atoms with Gasteiger partial charge < -0.3 is 15.4 Å². The van der Waals surface area contributed by atoms with Gasteiger partial charge in [-0.25, -0.2) is 0 Å². The lowest BCUT2D eigenvalue weighted by Crippen LogP contribution is -2.40. The van der Waals surface area contributed by atoms with Crippen molar-refractivity contribution in [3.8, 4) is 5.75 Å². The van der Waals surface area contributed by atoms with Crippen molar-refractivity contribution in [2.75, 3.05) is 13.1 Å². The number of benzene rings is 1. The Morgan fingerprint density at radius 3 is 2.76 bits per heavy atom. The minimum atomic E-state index is -0.456. The lowest BCUT2D eigenvalue weighted by Gasteiger charge is -2.21. The van der Waals surface area contributed by atoms with Crippen molar-refractivity contribution in [2.24, 2.45) is 5.73 Å². The third kappa shape index (κ3) is 2.97. The predicted molar refractivity (Wildman–Crippen MR) is 65.7 cm³/mol. The van der Waals surface area contributed by atoms with Gasteiger partial charge in [-0.15, -0.1) is 0 Å². The summed E-state index contributed by atoms with van der Waals surface area (Å²) >= 11 is 0. The molecule has 2 N–H and O–H groups in total. The molecule has 92 valence electrons. The first-order valence-electron chi connectivity index (χ1n) is 5.93. The van der Waals surface area contributed by atoms with Gasteiger partial charge in [0, 0.05) is 19.1 Å². The number of hydrogen-bond donors (Lipinski definition) is 1. The van der Waals surface area contributed by atoms with Gasteiger partial charge in [-0.2, -0.15) is 0 Å². The van der Waals surface area contributed by atoms with Gasteiger partial charge in [0.1, 0.15) is 5.75 Å². The van der Waals surface area contributed by atoms with Crippen molar-refractivity contribution in [1.82, 2.24) is 4.90 Å². The predicted octanol–water partition coefficient (Wildman–Crippen LogP) is 1.01. The Bertz CT molecular complexity index is 380. The summed E-state index contributed by atoms with van der Waals surface area (Å²) < 4.78 is 5.59. The molecule has 1 aliphatic rings. The maximum atomic E-state index is 12.0. The van der Waals surface area contributed by atoms with E-state index in [1.165, 1.54) is 0 Å². The van der Waals surface area contributed by atoms with Gasteiger partial charge in [-0.3, -0.25) is 4.79 Å². The van der Waals surface area contributed by atoms with E-state index in [0.29, 0.717) is 6.54 Å². The molecule has 0 bridgehead atoms. The lowest BCUT2D eigenvalue weighted by molar-refractivity contribution is -0.136. The maximum absolute atomic E-state index is 12.0. The van der Waals surface area contributed by atoms with Gasteiger partial charge >= 0.3 is 0 Å². The summed E-state index contributed by atoms with van der Waals surface area (Å²) in [6.07, 6.45) is 0.423. The molecule has 1 aliphatic heterocycles. The van der Waals surface area contributed by atoms with Crippen LogP contribution in [0.15, 0.2) is 30.3 Å². The molecule has 0 saturated carbocycles. The minimum absolute atomic E-state index is 0.0156. The Morgan fingerprint density at radius 1 is 1.47 bits per heavy atom. The number of nitrogens with zero attached hydrogens (tertiary/aromatic N) is 1. The Kier molecular flexibility index (Phi) is 3.64. The van der Waals surface area contributed by atoms with Crippen molar-refractivity contribution >= 4 is 5.91 Å². The van der Waals surface area contributed by atoms with Crippen molar-refractivity contribution in [2.45, 2.75) is 25.5 Å². The van der Waals surface area contributed by atoms with Crippen LogP contribution in [0.1, 0.15) is 13.3 Å². The van der Waals surface area contributed by atoms with Crippen molar-refractivity contribution in [3.63, 3.8) is 0 Å². The number of likely N-dealkylation sites (tertiary alicyclic amines) is 1. The molecule has 2 atom stereocenters. The molecule has 1 fully saturated rings. The van der Waals surface area contributed by atoms with Crippen LogP contribution < -0.4 is 10.5 Å². The molecule has 17 heavy (non-hydrogen) atoms. The number of carbonyl (C=O) groups excluding carboxylic acids is 1. The highest BCUT2D eigenvalue weighted by Crippen LogP contribution is 2.14. The number of para-hydroxylation sites is 1. The first-order chi connectivity index (χ1) is 8.16. The van der Waals surface area contributed by atoms with E-state index in [0.717, 1.165) is 18.7 Å². The molecule has 0 radical (unpaired) electrons. The molecule has 1 aromatic carbocycles. The number of carbonyl (C=O) groups is 1. The number of hydrogen-bond acceptors (Lipinski definition) is 3. The molecule has 2 unspecified atom stereocenters. The fraction of sp³-hybridized carbons (Fsp3) is 0.462. The van der Waals surface area contributed by atoms with Gasteiger partial charge in [0.2, 0.25) is 0 Å². The number of nitrogens with two attached hydrogens (primary N) is 1. The SMILES string of the molecule is CC(Oc1ccccc1)C(=O)N1CCC(N)C1. The highest BCUT2D eigenvalue weighted by Gasteiger charge is 2.27. The summed E-state index contributed by atoms with van der Waals surface area (Å²) in [5.41, 5.74) is 5.78. The average Bonchev–Trinajstić information content (AvgIpc) is 2.76. The standard InChI is InChI=1S/C13H18N2O2/c1-10(17-12-5-3-2-4-6-12)13(16)15-8-7-11(14)9-15/h2-6,10-11H,7-9,14H2,1H3. The Morgan fingerprint density at radius 2 is 2.18 bits per heavy atom. The average molecular weight is 234 g/mol. The molecule has 0 spiro atoms. The number of amides is 1. The number of ether oxygens (including phenoxy) is 1. The van der Waals surface area contributed by atoms with Crippen LogP contribution >= 0.6 is 0 Å². The van der Waals surface area contributed by atoms with Crippen LogP contribution in [-0.2, 0) is 4.79 Å². The fourth-order valence-electron chi connectivity index (χ4n) is 2.00. The molecule has 0 aliphatic carbocycles. The summed E-state index contributed by atoms with van der Waals surface area (Å²) in [5.74, 6) is 0.735. The summed E-state index contributed by atoms with van der Waals surface area (Å²) in [5, 5.41) is 0. The van der Waals surface area contributed by atoms with E-state index in [1.807, 2.05) is 30.3 Å². The van der Waals surface area contributed by atoms with Crippen molar-refractivity contribution < 1.29 is 9.53 Å². The first kappa shape index (κ1) is 11.9. The van der Waals surface area contributed by atoms with E-state index in [1.54, 1.807) is 11.8 Å². The van der Waals surface area contributed by atoms with Crippen LogP contribution in [0.3, 0.4) is 0 Å². The van der Waals surface area contributed by atoms with E-state index in [9.17, 15) is 4.79 Å². The zero-order valence-corrected chi connectivity index (χ0v) is 10.0. The van der Waals surface area contributed by atoms with Crippen LogP contribution in [0.5, 0.6) is 5.75 Å². The molecule has 0 aromatic heterocycles. The fourth-order valence-corrected chi connectivity index (χ4v) is 2.00. The van der Waals surface area contributed by atoms with Crippen LogP contribution in [-0.4, -0.2) is 36.0 Å². The highest BCUT2D eigenvalue weighted by atomic mass is 16.5. The Labute approximate surface area is 101 Å². The molecule has 4 heteroatoms. The van der Waals surface area contributed by atoms with Gasteiger partial charge in [0.05, 0.1) is 0 Å². The quantitative estimate of drug-likeness (QED) is 0.849. The molecular formula is C13H18N2O2. The summed E-state index contributed by atoms with van der Waals surface area (Å²) in [7, 11) is 0.